The van der Waals surface area contributed by atoms with Gasteiger partial charge in [0, 0.05) is 37.2 Å². The molecule has 0 fully saturated rings. The van der Waals surface area contributed by atoms with Gasteiger partial charge in [0.1, 0.15) is 10.7 Å². The minimum atomic E-state index is -3.83. The maximum atomic E-state index is 13.2. The Bertz CT molecular complexity index is 1220. The summed E-state index contributed by atoms with van der Waals surface area (Å²) in [5, 5.41) is 0. The maximum Gasteiger partial charge on any atom is 0.255 e. The molecule has 0 spiro atoms. The number of fused-ring (bicyclic) bond motifs is 1. The Hall–Kier alpha value is -3.04. The summed E-state index contributed by atoms with van der Waals surface area (Å²) in [7, 11) is -2.46. The highest BCUT2D eigenvalue weighted by atomic mass is 32.2. The number of benzene rings is 1. The third kappa shape index (κ3) is 3.54. The highest BCUT2D eigenvalue weighted by Gasteiger charge is 2.31. The average molecular weight is 415 g/mol. The number of nitrogens with zero attached hydrogens (tertiary/aromatic N) is 3. The Morgan fingerprint density at radius 1 is 1.14 bits per heavy atom. The molecule has 29 heavy (non-hydrogen) atoms. The minimum Gasteiger partial charge on any atom is -0.480 e. The van der Waals surface area contributed by atoms with E-state index < -0.39 is 15.8 Å². The zero-order chi connectivity index (χ0) is 20.6. The number of pyridine rings is 2. The summed E-state index contributed by atoms with van der Waals surface area (Å²) in [6.07, 6.45) is 3.49. The fraction of sp³-hybridized carbons (Fsp3) is 0.200. The lowest BCUT2D eigenvalue weighted by Gasteiger charge is -2.28. The highest BCUT2D eigenvalue weighted by Crippen LogP contribution is 2.28. The normalized spacial score (nSPS) is 14.4. The van der Waals surface area contributed by atoms with Gasteiger partial charge in [-0.1, -0.05) is 0 Å². The molecule has 0 bridgehead atoms. The van der Waals surface area contributed by atoms with Crippen LogP contribution in [0.1, 0.15) is 11.1 Å². The summed E-state index contributed by atoms with van der Waals surface area (Å²) in [5.41, 5.74) is 1.78. The maximum absolute atomic E-state index is 13.2. The predicted octanol–water partition coefficient (Wildman–Crippen LogP) is 2.13. The van der Waals surface area contributed by atoms with Crippen LogP contribution < -0.4 is 10.3 Å². The monoisotopic (exact) mass is 415 g/mol. The van der Waals surface area contributed by atoms with Crippen molar-refractivity contribution in [1.29, 1.82) is 0 Å². The van der Waals surface area contributed by atoms with Crippen molar-refractivity contribution in [3.8, 4) is 11.6 Å². The standard InChI is InChI=1S/C20H18FN3O4S/c1-28-20-18(3-2-9-22-20)29(26,27)23-10-8-14-11-19(25)24(13-15(14)12-23)17-6-4-16(21)5-7-17/h2-7,9,11,13H,8,10,12H2,1H3. The second-order valence-electron chi connectivity index (χ2n) is 6.61. The van der Waals surface area contributed by atoms with E-state index in [1.54, 1.807) is 12.3 Å². The lowest BCUT2D eigenvalue weighted by atomic mass is 10.0. The van der Waals surface area contributed by atoms with Gasteiger partial charge in [0.25, 0.3) is 5.56 Å². The van der Waals surface area contributed by atoms with Crippen LogP contribution in [0.5, 0.6) is 5.88 Å². The summed E-state index contributed by atoms with van der Waals surface area (Å²) in [6, 6.07) is 10.0. The molecule has 3 heterocycles. The number of hydrogen-bond acceptors (Lipinski definition) is 5. The Labute approximate surface area is 167 Å². The third-order valence-corrected chi connectivity index (χ3v) is 6.72. The number of halogens is 1. The van der Waals surface area contributed by atoms with Gasteiger partial charge < -0.3 is 4.74 Å². The molecule has 0 N–H and O–H groups in total. The van der Waals surface area contributed by atoms with Crippen LogP contribution >= 0.6 is 0 Å². The van der Waals surface area contributed by atoms with E-state index in [2.05, 4.69) is 4.98 Å². The molecule has 0 saturated heterocycles. The molecule has 2 aromatic heterocycles. The van der Waals surface area contributed by atoms with E-state index in [-0.39, 0.29) is 29.4 Å². The topological polar surface area (TPSA) is 81.5 Å². The van der Waals surface area contributed by atoms with Crippen LogP contribution in [0.3, 0.4) is 0 Å². The number of ether oxygens (including phenoxy) is 1. The second kappa shape index (κ2) is 7.41. The van der Waals surface area contributed by atoms with E-state index in [1.807, 2.05) is 0 Å². The molecule has 0 amide bonds. The van der Waals surface area contributed by atoms with Gasteiger partial charge in [0.05, 0.1) is 7.11 Å². The van der Waals surface area contributed by atoms with Crippen LogP contribution in [0.15, 0.2) is 64.5 Å². The first-order chi connectivity index (χ1) is 13.9. The molecule has 1 aliphatic rings. The number of rotatable bonds is 4. The van der Waals surface area contributed by atoms with Crippen LogP contribution in [-0.2, 0) is 23.0 Å². The SMILES string of the molecule is COc1ncccc1S(=O)(=O)N1CCc2cc(=O)n(-c3ccc(F)cc3)cc2C1. The molecule has 0 unspecified atom stereocenters. The van der Waals surface area contributed by atoms with Gasteiger partial charge in [0.2, 0.25) is 15.9 Å². The first-order valence-electron chi connectivity index (χ1n) is 8.90. The molecular weight excluding hydrogens is 397 g/mol. The molecule has 1 aromatic carbocycles. The zero-order valence-electron chi connectivity index (χ0n) is 15.6. The van der Waals surface area contributed by atoms with E-state index in [4.69, 9.17) is 4.74 Å². The van der Waals surface area contributed by atoms with Gasteiger partial charge in [0.15, 0.2) is 0 Å². The van der Waals surface area contributed by atoms with Gasteiger partial charge >= 0.3 is 0 Å². The lowest BCUT2D eigenvalue weighted by Crippen LogP contribution is -2.37. The Morgan fingerprint density at radius 2 is 1.90 bits per heavy atom. The molecule has 7 nitrogen and oxygen atoms in total. The van der Waals surface area contributed by atoms with Crippen LogP contribution in [0.25, 0.3) is 5.69 Å². The molecule has 0 radical (unpaired) electrons. The van der Waals surface area contributed by atoms with E-state index in [9.17, 15) is 17.6 Å². The molecule has 0 atom stereocenters. The first-order valence-corrected chi connectivity index (χ1v) is 10.3. The Morgan fingerprint density at radius 3 is 2.62 bits per heavy atom. The fourth-order valence-corrected chi connectivity index (χ4v) is 4.90. The molecule has 1 aliphatic heterocycles. The summed E-state index contributed by atoms with van der Waals surface area (Å²) in [4.78, 5) is 16.4. The smallest absolute Gasteiger partial charge is 0.255 e. The van der Waals surface area contributed by atoms with E-state index in [0.29, 0.717) is 17.7 Å². The number of methoxy groups -OCH3 is 1. The van der Waals surface area contributed by atoms with Gasteiger partial charge in [-0.05, 0) is 53.9 Å². The van der Waals surface area contributed by atoms with Crippen molar-refractivity contribution in [2.45, 2.75) is 17.9 Å². The van der Waals surface area contributed by atoms with Crippen molar-refractivity contribution in [2.24, 2.45) is 0 Å². The second-order valence-corrected chi connectivity index (χ2v) is 8.51. The van der Waals surface area contributed by atoms with E-state index in [1.165, 1.54) is 58.6 Å². The number of hydrogen-bond donors (Lipinski definition) is 0. The quantitative estimate of drug-likeness (QED) is 0.652. The van der Waals surface area contributed by atoms with Crippen molar-refractivity contribution in [1.82, 2.24) is 13.9 Å². The van der Waals surface area contributed by atoms with E-state index in [0.717, 1.165) is 5.56 Å². The van der Waals surface area contributed by atoms with Crippen LogP contribution in [0.4, 0.5) is 4.39 Å². The predicted molar refractivity (Wildman–Crippen MR) is 104 cm³/mol. The van der Waals surface area contributed by atoms with Crippen molar-refractivity contribution in [2.75, 3.05) is 13.7 Å². The molecule has 150 valence electrons. The van der Waals surface area contributed by atoms with Gasteiger partial charge in [-0.15, -0.1) is 0 Å². The van der Waals surface area contributed by atoms with Crippen molar-refractivity contribution >= 4 is 10.0 Å². The number of aromatic nitrogens is 2. The third-order valence-electron chi connectivity index (χ3n) is 4.86. The molecule has 9 heteroatoms. The summed E-state index contributed by atoms with van der Waals surface area (Å²) < 4.78 is 47.3. The largest absolute Gasteiger partial charge is 0.480 e. The fourth-order valence-electron chi connectivity index (χ4n) is 3.38. The van der Waals surface area contributed by atoms with Gasteiger partial charge in [-0.2, -0.15) is 4.31 Å². The van der Waals surface area contributed by atoms with Crippen LogP contribution in [0, 0.1) is 5.82 Å². The lowest BCUT2D eigenvalue weighted by molar-refractivity contribution is 0.368. The van der Waals surface area contributed by atoms with Crippen LogP contribution in [-0.4, -0.2) is 35.9 Å². The Balaban J connectivity index is 1.72. The minimum absolute atomic E-state index is 0.00203. The average Bonchev–Trinajstić information content (AvgIpc) is 2.73. The van der Waals surface area contributed by atoms with Gasteiger partial charge in [-0.3, -0.25) is 9.36 Å². The Kier molecular flexibility index (Phi) is 4.93. The van der Waals surface area contributed by atoms with Gasteiger partial charge in [-0.25, -0.2) is 17.8 Å². The summed E-state index contributed by atoms with van der Waals surface area (Å²) >= 11 is 0. The van der Waals surface area contributed by atoms with Crippen LogP contribution in [0.2, 0.25) is 0 Å². The van der Waals surface area contributed by atoms with Crippen molar-refractivity contribution in [3.05, 3.63) is 82.2 Å². The molecule has 4 rings (SSSR count). The molecule has 0 saturated carbocycles. The number of sulfonamides is 1. The first kappa shape index (κ1) is 19.3. The zero-order valence-corrected chi connectivity index (χ0v) is 16.4. The van der Waals surface area contributed by atoms with Crippen molar-refractivity contribution in [3.63, 3.8) is 0 Å². The highest BCUT2D eigenvalue weighted by molar-refractivity contribution is 7.89. The summed E-state index contributed by atoms with van der Waals surface area (Å²) in [6.45, 7) is 0.352. The molecule has 3 aromatic rings. The molecule has 0 aliphatic carbocycles. The summed E-state index contributed by atoms with van der Waals surface area (Å²) in [5.74, 6) is -0.364. The molecular formula is C20H18FN3O4S. The van der Waals surface area contributed by atoms with Crippen molar-refractivity contribution < 1.29 is 17.5 Å². The van der Waals surface area contributed by atoms with E-state index >= 15 is 0 Å².